The number of rotatable bonds is 7. The van der Waals surface area contributed by atoms with Crippen molar-refractivity contribution in [2.75, 3.05) is 6.54 Å². The van der Waals surface area contributed by atoms with Crippen LogP contribution >= 0.6 is 0 Å². The van der Waals surface area contributed by atoms with Gasteiger partial charge in [-0.05, 0) is 31.5 Å². The first kappa shape index (κ1) is 18.3. The first-order chi connectivity index (χ1) is 12.5. The summed E-state index contributed by atoms with van der Waals surface area (Å²) in [5.41, 5.74) is 6.80. The molecule has 8 nitrogen and oxygen atoms in total. The van der Waals surface area contributed by atoms with Gasteiger partial charge in [-0.2, -0.15) is 5.10 Å². The van der Waals surface area contributed by atoms with E-state index in [4.69, 9.17) is 10.4 Å². The van der Waals surface area contributed by atoms with Crippen molar-refractivity contribution in [3.05, 3.63) is 41.5 Å². The van der Waals surface area contributed by atoms with Gasteiger partial charge in [-0.3, -0.25) is 9.59 Å². The van der Waals surface area contributed by atoms with Gasteiger partial charge in [0, 0.05) is 18.7 Å². The van der Waals surface area contributed by atoms with Crippen molar-refractivity contribution >= 4 is 18.7 Å². The number of para-hydroxylation sites is 1. The molecule has 136 valence electrons. The maximum Gasteiger partial charge on any atom is 0.526 e. The summed E-state index contributed by atoms with van der Waals surface area (Å²) < 4.78 is 7.10. The minimum absolute atomic E-state index is 0.0763. The third-order valence-corrected chi connectivity index (χ3v) is 4.48. The average Bonchev–Trinajstić information content (AvgIpc) is 3.02. The largest absolute Gasteiger partial charge is 0.535 e. The number of nitrogens with zero attached hydrogens (tertiary/aromatic N) is 3. The van der Waals surface area contributed by atoms with Crippen LogP contribution in [-0.4, -0.2) is 45.0 Å². The predicted molar refractivity (Wildman–Crippen MR) is 94.9 cm³/mol. The smallest absolute Gasteiger partial charge is 0.526 e. The Balaban J connectivity index is 1.69. The van der Waals surface area contributed by atoms with Gasteiger partial charge in [0.1, 0.15) is 24.4 Å². The lowest BCUT2D eigenvalue weighted by Gasteiger charge is -2.28. The van der Waals surface area contributed by atoms with E-state index in [2.05, 4.69) is 10.1 Å². The second-order valence-corrected chi connectivity index (χ2v) is 6.44. The van der Waals surface area contributed by atoms with Gasteiger partial charge in [-0.1, -0.05) is 12.1 Å². The van der Waals surface area contributed by atoms with Crippen LogP contribution in [0, 0.1) is 0 Å². The zero-order valence-electron chi connectivity index (χ0n) is 14.6. The molecule has 0 bridgehead atoms. The van der Waals surface area contributed by atoms with E-state index in [1.807, 2.05) is 6.07 Å². The monoisotopic (exact) mass is 356 g/mol. The molecular formula is C17H21BN4O4. The number of aromatic nitrogens is 3. The van der Waals surface area contributed by atoms with Crippen LogP contribution in [0.1, 0.15) is 35.1 Å². The topological polar surface area (TPSA) is 120 Å². The van der Waals surface area contributed by atoms with Crippen LogP contribution in [0.2, 0.25) is 5.82 Å². The van der Waals surface area contributed by atoms with Gasteiger partial charge in [0.25, 0.3) is 0 Å². The summed E-state index contributed by atoms with van der Waals surface area (Å²) in [7, 11) is -1.13. The molecule has 1 aliphatic heterocycles. The Kier molecular flexibility index (Phi) is 5.48. The zero-order chi connectivity index (χ0) is 18.7. The van der Waals surface area contributed by atoms with E-state index in [0.29, 0.717) is 36.5 Å². The number of nitrogens with two attached hydrogens (primary N) is 1. The highest BCUT2D eigenvalue weighted by Gasteiger charge is 2.37. The Morgan fingerprint density at radius 3 is 3.00 bits per heavy atom. The Morgan fingerprint density at radius 2 is 2.27 bits per heavy atom. The Bertz CT molecular complexity index is 823. The molecule has 0 aliphatic carbocycles. The fraction of sp³-hybridized carbons (Fsp3) is 0.412. The molecule has 0 saturated heterocycles. The SMILES string of the molecule is CC(=O)c1cccc2c1OB(O)[C@@H](CC(=O)Cn1ncnc1CCN)C2. The molecule has 1 aliphatic rings. The van der Waals surface area contributed by atoms with E-state index in [9.17, 15) is 14.6 Å². The van der Waals surface area contributed by atoms with Gasteiger partial charge in [0.05, 0.1) is 5.56 Å². The molecular weight excluding hydrogens is 335 g/mol. The third kappa shape index (κ3) is 3.84. The number of hydrogen-bond donors (Lipinski definition) is 2. The molecule has 3 rings (SSSR count). The van der Waals surface area contributed by atoms with Crippen molar-refractivity contribution in [2.45, 2.75) is 38.5 Å². The number of carbonyl (C=O) groups excluding carboxylic acids is 2. The zero-order valence-corrected chi connectivity index (χ0v) is 14.6. The molecule has 0 radical (unpaired) electrons. The molecule has 9 heteroatoms. The molecule has 2 aromatic rings. The lowest BCUT2D eigenvalue weighted by molar-refractivity contribution is -0.120. The third-order valence-electron chi connectivity index (χ3n) is 4.48. The highest BCUT2D eigenvalue weighted by molar-refractivity contribution is 6.47. The van der Waals surface area contributed by atoms with Gasteiger partial charge in [0.2, 0.25) is 0 Å². The summed E-state index contributed by atoms with van der Waals surface area (Å²) in [5.74, 6) is 0.504. The molecule has 26 heavy (non-hydrogen) atoms. The second-order valence-electron chi connectivity index (χ2n) is 6.44. The number of benzene rings is 1. The summed E-state index contributed by atoms with van der Waals surface area (Å²) in [6.45, 7) is 1.97. The summed E-state index contributed by atoms with van der Waals surface area (Å²) in [4.78, 5) is 28.2. The van der Waals surface area contributed by atoms with Gasteiger partial charge in [-0.15, -0.1) is 0 Å². The molecule has 0 spiro atoms. The van der Waals surface area contributed by atoms with Crippen LogP contribution in [0.25, 0.3) is 0 Å². The van der Waals surface area contributed by atoms with E-state index in [0.717, 1.165) is 5.56 Å². The number of ketones is 2. The standard InChI is InChI=1S/C17H21BN4O4/c1-11(23)15-4-2-3-12-7-13(18(25)26-17(12)15)8-14(24)9-22-16(5-6-19)20-10-21-22/h2-4,10,13,25H,5-9,19H2,1H3/t13-/m1/s1. The minimum Gasteiger partial charge on any atom is -0.535 e. The first-order valence-corrected chi connectivity index (χ1v) is 8.55. The maximum absolute atomic E-state index is 12.4. The summed E-state index contributed by atoms with van der Waals surface area (Å²) in [5, 5.41) is 14.4. The highest BCUT2D eigenvalue weighted by atomic mass is 16.5. The molecule has 0 saturated carbocycles. The quantitative estimate of drug-likeness (QED) is 0.545. The van der Waals surface area contributed by atoms with Crippen LogP contribution in [0.4, 0.5) is 0 Å². The number of hydrogen-bond acceptors (Lipinski definition) is 7. The van der Waals surface area contributed by atoms with Gasteiger partial charge in [0.15, 0.2) is 11.6 Å². The lowest BCUT2D eigenvalue weighted by atomic mass is 9.64. The van der Waals surface area contributed by atoms with Crippen LogP contribution in [0.3, 0.4) is 0 Å². The molecule has 1 aromatic heterocycles. The Labute approximate surface area is 151 Å². The fourth-order valence-corrected chi connectivity index (χ4v) is 3.20. The highest BCUT2D eigenvalue weighted by Crippen LogP contribution is 2.36. The van der Waals surface area contributed by atoms with E-state index in [1.54, 1.807) is 12.1 Å². The molecule has 0 amide bonds. The van der Waals surface area contributed by atoms with E-state index < -0.39 is 7.12 Å². The first-order valence-electron chi connectivity index (χ1n) is 8.55. The van der Waals surface area contributed by atoms with Crippen molar-refractivity contribution in [1.29, 1.82) is 0 Å². The Morgan fingerprint density at radius 1 is 1.46 bits per heavy atom. The van der Waals surface area contributed by atoms with Crippen LogP contribution in [-0.2, 0) is 24.2 Å². The van der Waals surface area contributed by atoms with Crippen LogP contribution in [0.5, 0.6) is 5.75 Å². The maximum atomic E-state index is 12.4. The second kappa shape index (κ2) is 7.80. The van der Waals surface area contributed by atoms with E-state index in [-0.39, 0.29) is 30.3 Å². The fourth-order valence-electron chi connectivity index (χ4n) is 3.20. The van der Waals surface area contributed by atoms with Gasteiger partial charge < -0.3 is 15.4 Å². The minimum atomic E-state index is -1.13. The normalized spacial score (nSPS) is 16.1. The van der Waals surface area contributed by atoms with Gasteiger partial charge in [-0.25, -0.2) is 9.67 Å². The summed E-state index contributed by atoms with van der Waals surface area (Å²) in [6, 6.07) is 5.30. The van der Waals surface area contributed by atoms with Crippen molar-refractivity contribution in [3.8, 4) is 5.75 Å². The summed E-state index contributed by atoms with van der Waals surface area (Å²) >= 11 is 0. The van der Waals surface area contributed by atoms with Crippen molar-refractivity contribution in [3.63, 3.8) is 0 Å². The van der Waals surface area contributed by atoms with Crippen LogP contribution in [0.15, 0.2) is 24.5 Å². The molecule has 1 aromatic carbocycles. The van der Waals surface area contributed by atoms with E-state index in [1.165, 1.54) is 17.9 Å². The molecule has 3 N–H and O–H groups in total. The molecule has 2 heterocycles. The van der Waals surface area contributed by atoms with E-state index >= 15 is 0 Å². The Hall–Kier alpha value is -2.52. The molecule has 1 atom stereocenters. The van der Waals surface area contributed by atoms with Crippen LogP contribution < -0.4 is 10.4 Å². The molecule has 0 fully saturated rings. The van der Waals surface area contributed by atoms with Crippen molar-refractivity contribution in [2.24, 2.45) is 5.73 Å². The number of fused-ring (bicyclic) bond motifs is 1. The number of carbonyl (C=O) groups is 2. The van der Waals surface area contributed by atoms with Crippen molar-refractivity contribution < 1.29 is 19.3 Å². The van der Waals surface area contributed by atoms with Crippen molar-refractivity contribution in [1.82, 2.24) is 14.8 Å². The van der Waals surface area contributed by atoms with Gasteiger partial charge >= 0.3 is 7.12 Å². The summed E-state index contributed by atoms with van der Waals surface area (Å²) in [6.07, 6.45) is 2.56. The molecule has 0 unspecified atom stereocenters. The average molecular weight is 356 g/mol. The lowest BCUT2D eigenvalue weighted by Crippen LogP contribution is -2.36. The predicted octanol–water partition coefficient (Wildman–Crippen LogP) is 0.427. The number of Topliss-reactive ketones (excluding diaryl/α,β-unsaturated/α-hetero) is 2.